The second-order valence-corrected chi connectivity index (χ2v) is 7.32. The summed E-state index contributed by atoms with van der Waals surface area (Å²) in [6, 6.07) is 8.42. The first-order valence-electron chi connectivity index (χ1n) is 6.88. The summed E-state index contributed by atoms with van der Waals surface area (Å²) in [6.07, 6.45) is 0.748. The van der Waals surface area contributed by atoms with E-state index in [4.69, 9.17) is 16.9 Å². The van der Waals surface area contributed by atoms with Crippen LogP contribution in [0.3, 0.4) is 0 Å². The zero-order valence-electron chi connectivity index (χ0n) is 11.9. The van der Waals surface area contributed by atoms with E-state index in [1.165, 1.54) is 10.4 Å². The molecule has 0 N–H and O–H groups in total. The summed E-state index contributed by atoms with van der Waals surface area (Å²) in [7, 11) is -3.51. The summed E-state index contributed by atoms with van der Waals surface area (Å²) in [6.45, 7) is 3.90. The third kappa shape index (κ3) is 3.55. The van der Waals surface area contributed by atoms with E-state index >= 15 is 0 Å². The predicted molar refractivity (Wildman–Crippen MR) is 81.5 cm³/mol. The Morgan fingerprint density at radius 1 is 1.33 bits per heavy atom. The molecule has 1 aromatic carbocycles. The zero-order valence-corrected chi connectivity index (χ0v) is 13.4. The number of nitrogens with zero attached hydrogens (tertiary/aromatic N) is 3. The fourth-order valence-electron chi connectivity index (χ4n) is 2.46. The van der Waals surface area contributed by atoms with Gasteiger partial charge in [-0.15, -0.1) is 0 Å². The molecule has 1 aliphatic heterocycles. The Bertz CT molecular complexity index is 634. The van der Waals surface area contributed by atoms with Gasteiger partial charge in [-0.1, -0.05) is 24.6 Å². The van der Waals surface area contributed by atoms with Crippen molar-refractivity contribution in [2.45, 2.75) is 24.3 Å². The SMILES string of the molecule is CCC(C#N)N1CCN(S(=O)(=O)c2cccc(Cl)c2)CC1. The molecule has 2 rings (SSSR count). The van der Waals surface area contributed by atoms with Gasteiger partial charge < -0.3 is 0 Å². The van der Waals surface area contributed by atoms with Gasteiger partial charge in [0.15, 0.2) is 0 Å². The molecule has 1 atom stereocenters. The molecule has 1 heterocycles. The van der Waals surface area contributed by atoms with Crippen LogP contribution in [0.25, 0.3) is 0 Å². The molecule has 0 aliphatic carbocycles. The summed E-state index contributed by atoms with van der Waals surface area (Å²) < 4.78 is 26.5. The molecule has 0 amide bonds. The summed E-state index contributed by atoms with van der Waals surface area (Å²) >= 11 is 5.86. The number of halogens is 1. The Balaban J connectivity index is 2.10. The van der Waals surface area contributed by atoms with Crippen molar-refractivity contribution in [1.82, 2.24) is 9.21 Å². The Morgan fingerprint density at radius 3 is 2.52 bits per heavy atom. The Morgan fingerprint density at radius 2 is 2.00 bits per heavy atom. The molecule has 0 saturated carbocycles. The normalized spacial score (nSPS) is 19.1. The van der Waals surface area contributed by atoms with E-state index in [1.54, 1.807) is 18.2 Å². The minimum Gasteiger partial charge on any atom is -0.285 e. The van der Waals surface area contributed by atoms with Gasteiger partial charge in [0, 0.05) is 31.2 Å². The summed E-state index contributed by atoms with van der Waals surface area (Å²) in [5.41, 5.74) is 0. The van der Waals surface area contributed by atoms with Gasteiger partial charge in [0.05, 0.1) is 17.0 Å². The minimum absolute atomic E-state index is 0.138. The Hall–Kier alpha value is -1.13. The molecular weight excluding hydrogens is 310 g/mol. The van der Waals surface area contributed by atoms with Crippen molar-refractivity contribution in [2.24, 2.45) is 0 Å². The van der Waals surface area contributed by atoms with Crippen molar-refractivity contribution in [3.8, 4) is 6.07 Å². The Kier molecular flexibility index (Phi) is 5.22. The molecule has 0 radical (unpaired) electrons. The maximum Gasteiger partial charge on any atom is 0.243 e. The number of rotatable bonds is 4. The second-order valence-electron chi connectivity index (χ2n) is 4.95. The molecule has 1 aromatic rings. The molecule has 1 fully saturated rings. The van der Waals surface area contributed by atoms with Gasteiger partial charge in [0.2, 0.25) is 10.0 Å². The van der Waals surface area contributed by atoms with E-state index in [2.05, 4.69) is 6.07 Å². The lowest BCUT2D eigenvalue weighted by Crippen LogP contribution is -2.51. The van der Waals surface area contributed by atoms with Gasteiger partial charge in [-0.25, -0.2) is 8.42 Å². The molecule has 7 heteroatoms. The average molecular weight is 328 g/mol. The van der Waals surface area contributed by atoms with Gasteiger partial charge in [-0.3, -0.25) is 4.90 Å². The van der Waals surface area contributed by atoms with E-state index < -0.39 is 10.0 Å². The van der Waals surface area contributed by atoms with Crippen LogP contribution >= 0.6 is 11.6 Å². The van der Waals surface area contributed by atoms with Crippen molar-refractivity contribution in [1.29, 1.82) is 5.26 Å². The number of sulfonamides is 1. The fourth-order valence-corrected chi connectivity index (χ4v) is 4.19. The van der Waals surface area contributed by atoms with Gasteiger partial charge in [-0.2, -0.15) is 9.57 Å². The Labute approximate surface area is 130 Å². The smallest absolute Gasteiger partial charge is 0.243 e. The topological polar surface area (TPSA) is 64.4 Å². The first-order valence-corrected chi connectivity index (χ1v) is 8.70. The van der Waals surface area contributed by atoms with Crippen LogP contribution in [0.2, 0.25) is 5.02 Å². The quantitative estimate of drug-likeness (QED) is 0.848. The fraction of sp³-hybridized carbons (Fsp3) is 0.500. The highest BCUT2D eigenvalue weighted by atomic mass is 35.5. The molecule has 5 nitrogen and oxygen atoms in total. The highest BCUT2D eigenvalue weighted by Crippen LogP contribution is 2.21. The number of benzene rings is 1. The predicted octanol–water partition coefficient (Wildman–Crippen LogP) is 1.95. The van der Waals surface area contributed by atoms with E-state index in [-0.39, 0.29) is 10.9 Å². The van der Waals surface area contributed by atoms with Gasteiger partial charge in [0.25, 0.3) is 0 Å². The van der Waals surface area contributed by atoms with E-state index in [1.807, 2.05) is 11.8 Å². The van der Waals surface area contributed by atoms with Crippen LogP contribution < -0.4 is 0 Å². The lowest BCUT2D eigenvalue weighted by atomic mass is 10.2. The highest BCUT2D eigenvalue weighted by molar-refractivity contribution is 7.89. The first-order chi connectivity index (χ1) is 9.98. The summed E-state index contributed by atoms with van der Waals surface area (Å²) in [5.74, 6) is 0. The van der Waals surface area contributed by atoms with Crippen LogP contribution in [0.5, 0.6) is 0 Å². The van der Waals surface area contributed by atoms with Gasteiger partial charge in [0.1, 0.15) is 0 Å². The lowest BCUT2D eigenvalue weighted by molar-refractivity contribution is 0.159. The van der Waals surface area contributed by atoms with Crippen molar-refractivity contribution in [3.63, 3.8) is 0 Å². The van der Waals surface area contributed by atoms with E-state index in [0.29, 0.717) is 31.2 Å². The standard InChI is InChI=1S/C14H18ClN3O2S/c1-2-13(11-16)17-6-8-18(9-7-17)21(19,20)14-5-3-4-12(15)10-14/h3-5,10,13H,2,6-9H2,1H3. The highest BCUT2D eigenvalue weighted by Gasteiger charge is 2.30. The first kappa shape index (κ1) is 16.2. The monoisotopic (exact) mass is 327 g/mol. The van der Waals surface area contributed by atoms with E-state index in [9.17, 15) is 8.42 Å². The number of piperazine rings is 1. The maximum absolute atomic E-state index is 12.5. The zero-order chi connectivity index (χ0) is 15.5. The molecule has 0 bridgehead atoms. The van der Waals surface area contributed by atoms with Crippen molar-refractivity contribution in [2.75, 3.05) is 26.2 Å². The van der Waals surface area contributed by atoms with Crippen LogP contribution in [0, 0.1) is 11.3 Å². The number of hydrogen-bond acceptors (Lipinski definition) is 4. The van der Waals surface area contributed by atoms with Crippen LogP contribution in [-0.2, 0) is 10.0 Å². The maximum atomic E-state index is 12.5. The summed E-state index contributed by atoms with van der Waals surface area (Å²) in [4.78, 5) is 2.25. The minimum atomic E-state index is -3.51. The second kappa shape index (κ2) is 6.75. The van der Waals surface area contributed by atoms with Crippen molar-refractivity contribution < 1.29 is 8.42 Å². The van der Waals surface area contributed by atoms with Crippen LogP contribution in [0.4, 0.5) is 0 Å². The average Bonchev–Trinajstić information content (AvgIpc) is 2.49. The lowest BCUT2D eigenvalue weighted by Gasteiger charge is -2.35. The van der Waals surface area contributed by atoms with Crippen LogP contribution in [0.1, 0.15) is 13.3 Å². The summed E-state index contributed by atoms with van der Waals surface area (Å²) in [5, 5.41) is 9.48. The molecule has 0 spiro atoms. The molecule has 1 aliphatic rings. The number of nitriles is 1. The van der Waals surface area contributed by atoms with E-state index in [0.717, 1.165) is 6.42 Å². The molecule has 1 unspecified atom stereocenters. The van der Waals surface area contributed by atoms with Crippen LogP contribution in [0.15, 0.2) is 29.2 Å². The molecular formula is C14H18ClN3O2S. The van der Waals surface area contributed by atoms with Crippen LogP contribution in [-0.4, -0.2) is 49.8 Å². The molecule has 0 aromatic heterocycles. The largest absolute Gasteiger partial charge is 0.285 e. The third-order valence-corrected chi connectivity index (χ3v) is 5.81. The molecule has 1 saturated heterocycles. The third-order valence-electron chi connectivity index (χ3n) is 3.68. The molecule has 114 valence electrons. The van der Waals surface area contributed by atoms with Gasteiger partial charge in [-0.05, 0) is 24.6 Å². The van der Waals surface area contributed by atoms with Gasteiger partial charge >= 0.3 is 0 Å². The van der Waals surface area contributed by atoms with Crippen molar-refractivity contribution in [3.05, 3.63) is 29.3 Å². The number of hydrogen-bond donors (Lipinski definition) is 0. The van der Waals surface area contributed by atoms with Crippen molar-refractivity contribution >= 4 is 21.6 Å². The molecule has 21 heavy (non-hydrogen) atoms.